The third-order valence-corrected chi connectivity index (χ3v) is 5.42. The molecule has 4 rings (SSSR count). The largest absolute Gasteiger partial charge is 0.507 e. The van der Waals surface area contributed by atoms with Gasteiger partial charge in [0.25, 0.3) is 0 Å². The van der Waals surface area contributed by atoms with Gasteiger partial charge in [-0.25, -0.2) is 0 Å². The molecule has 1 N–H and O–H groups in total. The highest BCUT2D eigenvalue weighted by Crippen LogP contribution is 2.33. The highest BCUT2D eigenvalue weighted by molar-refractivity contribution is 5.86. The van der Waals surface area contributed by atoms with Crippen LogP contribution in [0.3, 0.4) is 0 Å². The van der Waals surface area contributed by atoms with Gasteiger partial charge in [0.05, 0.1) is 5.69 Å². The molecule has 0 atom stereocenters. The summed E-state index contributed by atoms with van der Waals surface area (Å²) in [6, 6.07) is 33.0. The summed E-state index contributed by atoms with van der Waals surface area (Å²) < 4.78 is 0. The van der Waals surface area contributed by atoms with Crippen molar-refractivity contribution in [2.24, 2.45) is 4.99 Å². The van der Waals surface area contributed by atoms with E-state index in [1.165, 1.54) is 16.7 Å². The van der Waals surface area contributed by atoms with Crippen molar-refractivity contribution in [2.75, 3.05) is 0 Å². The van der Waals surface area contributed by atoms with Crippen molar-refractivity contribution >= 4 is 11.9 Å². The van der Waals surface area contributed by atoms with Gasteiger partial charge in [0.15, 0.2) is 0 Å². The van der Waals surface area contributed by atoms with Gasteiger partial charge in [0.2, 0.25) is 0 Å². The lowest BCUT2D eigenvalue weighted by Crippen LogP contribution is -2.11. The topological polar surface area (TPSA) is 32.6 Å². The van der Waals surface area contributed by atoms with Crippen molar-refractivity contribution < 1.29 is 5.11 Å². The summed E-state index contributed by atoms with van der Waals surface area (Å²) in [5.41, 5.74) is 7.14. The molecule has 0 saturated heterocycles. The lowest BCUT2D eigenvalue weighted by molar-refractivity contribution is 0.446. The first-order valence-corrected chi connectivity index (χ1v) is 10.5. The van der Waals surface area contributed by atoms with Crippen LogP contribution in [0.15, 0.2) is 102 Å². The van der Waals surface area contributed by atoms with Crippen LogP contribution in [-0.4, -0.2) is 11.3 Å². The van der Waals surface area contributed by atoms with E-state index in [1.54, 1.807) is 6.21 Å². The number of aliphatic imine (C=N–C) groups is 1. The van der Waals surface area contributed by atoms with Crippen LogP contribution in [0.5, 0.6) is 5.75 Å². The minimum Gasteiger partial charge on any atom is -0.507 e. The molecule has 0 bridgehead atoms. The first-order chi connectivity index (χ1) is 14.9. The van der Waals surface area contributed by atoms with Gasteiger partial charge in [-0.15, -0.1) is 0 Å². The summed E-state index contributed by atoms with van der Waals surface area (Å²) in [7, 11) is 0. The molecule has 0 aromatic heterocycles. The molecule has 2 nitrogen and oxygen atoms in total. The summed E-state index contributed by atoms with van der Waals surface area (Å²) in [5, 5.41) is 10.6. The van der Waals surface area contributed by atoms with E-state index in [2.05, 4.69) is 86.4 Å². The van der Waals surface area contributed by atoms with E-state index in [1.807, 2.05) is 36.4 Å². The first kappa shape index (κ1) is 20.6. The Bertz CT molecular complexity index is 1180. The molecule has 0 amide bonds. The second-order valence-corrected chi connectivity index (χ2v) is 8.74. The Labute approximate surface area is 184 Å². The molecule has 4 aromatic carbocycles. The molecule has 0 unspecified atom stereocenters. The summed E-state index contributed by atoms with van der Waals surface area (Å²) in [4.78, 5) is 4.56. The van der Waals surface area contributed by atoms with Crippen molar-refractivity contribution in [3.05, 3.63) is 108 Å². The molecule has 0 aliphatic carbocycles. The van der Waals surface area contributed by atoms with Crippen LogP contribution < -0.4 is 0 Å². The Balaban J connectivity index is 1.52. The average Bonchev–Trinajstić information content (AvgIpc) is 2.79. The van der Waals surface area contributed by atoms with Crippen molar-refractivity contribution in [3.8, 4) is 28.0 Å². The van der Waals surface area contributed by atoms with Crippen LogP contribution in [0.2, 0.25) is 0 Å². The lowest BCUT2D eigenvalue weighted by Gasteiger charge is -2.21. The van der Waals surface area contributed by atoms with Crippen LogP contribution in [0.25, 0.3) is 22.3 Å². The molecule has 0 saturated carbocycles. The summed E-state index contributed by atoms with van der Waals surface area (Å²) in [5.74, 6) is 0.300. The van der Waals surface area contributed by atoms with E-state index in [0.717, 1.165) is 22.4 Å². The molecule has 0 aliphatic heterocycles. The third-order valence-electron chi connectivity index (χ3n) is 5.42. The highest BCUT2D eigenvalue weighted by atomic mass is 16.3. The van der Waals surface area contributed by atoms with Gasteiger partial charge in [0.1, 0.15) is 5.75 Å². The molecule has 0 spiro atoms. The number of rotatable bonds is 4. The molecule has 4 aromatic rings. The minimum absolute atomic E-state index is 0.119. The Morgan fingerprint density at radius 3 is 1.68 bits per heavy atom. The second-order valence-electron chi connectivity index (χ2n) is 8.74. The maximum atomic E-state index is 10.6. The summed E-state index contributed by atoms with van der Waals surface area (Å²) >= 11 is 0. The number of benzene rings is 4. The monoisotopic (exact) mass is 405 g/mol. The van der Waals surface area contributed by atoms with Crippen molar-refractivity contribution in [1.29, 1.82) is 0 Å². The van der Waals surface area contributed by atoms with Crippen molar-refractivity contribution in [3.63, 3.8) is 0 Å². The van der Waals surface area contributed by atoms with Gasteiger partial charge < -0.3 is 5.11 Å². The summed E-state index contributed by atoms with van der Waals surface area (Å²) in [6.45, 7) is 6.27. The van der Waals surface area contributed by atoms with Crippen LogP contribution in [0, 0.1) is 0 Å². The summed E-state index contributed by atoms with van der Waals surface area (Å²) in [6.07, 6.45) is 1.73. The fraction of sp³-hybridized carbons (Fsp3) is 0.138. The molecule has 0 radical (unpaired) electrons. The molecule has 0 aliphatic rings. The quantitative estimate of drug-likeness (QED) is 0.346. The zero-order chi connectivity index (χ0) is 21.8. The smallest absolute Gasteiger partial charge is 0.128 e. The second kappa shape index (κ2) is 8.61. The van der Waals surface area contributed by atoms with Crippen molar-refractivity contribution in [2.45, 2.75) is 26.2 Å². The van der Waals surface area contributed by atoms with Gasteiger partial charge >= 0.3 is 0 Å². The van der Waals surface area contributed by atoms with Crippen LogP contribution in [0.4, 0.5) is 5.69 Å². The van der Waals surface area contributed by atoms with Gasteiger partial charge in [0, 0.05) is 11.8 Å². The number of phenols is 1. The first-order valence-electron chi connectivity index (χ1n) is 10.5. The maximum Gasteiger partial charge on any atom is 0.128 e. The Hall–Kier alpha value is -3.65. The number of phenolic OH excluding ortho intramolecular Hbond substituents is 1. The average molecular weight is 406 g/mol. The molecule has 0 fully saturated rings. The van der Waals surface area contributed by atoms with Gasteiger partial charge in [-0.1, -0.05) is 99.6 Å². The number of hydrogen-bond acceptors (Lipinski definition) is 2. The van der Waals surface area contributed by atoms with Crippen LogP contribution >= 0.6 is 0 Å². The normalized spacial score (nSPS) is 11.7. The van der Waals surface area contributed by atoms with Crippen molar-refractivity contribution in [1.82, 2.24) is 0 Å². The van der Waals surface area contributed by atoms with E-state index in [4.69, 9.17) is 0 Å². The van der Waals surface area contributed by atoms with Crippen LogP contribution in [0.1, 0.15) is 31.9 Å². The number of nitrogens with zero attached hydrogens (tertiary/aromatic N) is 1. The zero-order valence-corrected chi connectivity index (χ0v) is 18.2. The fourth-order valence-electron chi connectivity index (χ4n) is 3.64. The predicted molar refractivity (Wildman–Crippen MR) is 131 cm³/mol. The van der Waals surface area contributed by atoms with E-state index < -0.39 is 0 Å². The van der Waals surface area contributed by atoms with Crippen LogP contribution in [-0.2, 0) is 5.41 Å². The number of hydrogen-bond donors (Lipinski definition) is 1. The van der Waals surface area contributed by atoms with Gasteiger partial charge in [-0.05, 0) is 51.4 Å². The maximum absolute atomic E-state index is 10.6. The number of aromatic hydroxyl groups is 1. The fourth-order valence-corrected chi connectivity index (χ4v) is 3.64. The Morgan fingerprint density at radius 2 is 1.13 bits per heavy atom. The highest BCUT2D eigenvalue weighted by Gasteiger charge is 2.19. The molecule has 2 heteroatoms. The number of para-hydroxylation sites is 1. The SMILES string of the molecule is CC(C)(C)c1cccc(C=Nc2ccc(-c3ccc(-c4ccccc4)cc3)cc2)c1O. The van der Waals surface area contributed by atoms with E-state index >= 15 is 0 Å². The Kier molecular flexibility index (Phi) is 5.73. The molecular weight excluding hydrogens is 378 g/mol. The molecular formula is C29H27NO. The lowest BCUT2D eigenvalue weighted by atomic mass is 9.85. The Morgan fingerprint density at radius 1 is 0.613 bits per heavy atom. The molecule has 154 valence electrons. The van der Waals surface area contributed by atoms with Gasteiger partial charge in [-0.2, -0.15) is 0 Å². The van der Waals surface area contributed by atoms with Gasteiger partial charge in [-0.3, -0.25) is 4.99 Å². The van der Waals surface area contributed by atoms with E-state index in [0.29, 0.717) is 5.75 Å². The minimum atomic E-state index is -0.119. The third kappa shape index (κ3) is 4.75. The standard InChI is InChI=1S/C29H27NO/c1-29(2,3)27-11-7-10-25(28(27)31)20-30-26-18-16-24(17-19-26)23-14-12-22(13-15-23)21-8-5-4-6-9-21/h4-20,31H,1-3H3. The van der Waals surface area contributed by atoms with E-state index in [-0.39, 0.29) is 5.41 Å². The molecule has 31 heavy (non-hydrogen) atoms. The van der Waals surface area contributed by atoms with E-state index in [9.17, 15) is 5.11 Å². The zero-order valence-electron chi connectivity index (χ0n) is 18.2. The predicted octanol–water partition coefficient (Wildman–Crippen LogP) is 7.77. The molecule has 0 heterocycles.